The number of nitriles is 1. The van der Waals surface area contributed by atoms with E-state index in [-0.39, 0.29) is 123 Å². The smallest absolute Gasteiger partial charge is 0.228 e. The number of aromatic nitrogens is 3. The lowest BCUT2D eigenvalue weighted by atomic mass is 9.85. The number of pyridine rings is 3. The highest BCUT2D eigenvalue weighted by Gasteiger charge is 2.52. The van der Waals surface area contributed by atoms with Crippen LogP contribution in [0.5, 0.6) is 17.6 Å². The summed E-state index contributed by atoms with van der Waals surface area (Å²) in [5.41, 5.74) is 2.47. The maximum absolute atomic E-state index is 14.9. The van der Waals surface area contributed by atoms with Crippen LogP contribution in [0.15, 0.2) is 116 Å². The van der Waals surface area contributed by atoms with Crippen LogP contribution in [0.25, 0.3) is 0 Å². The minimum Gasteiger partial charge on any atom is -0.474 e. The molecule has 3 saturated carbocycles. The van der Waals surface area contributed by atoms with Gasteiger partial charge in [-0.15, -0.1) is 0 Å². The number of nitrogens with zero attached hydrogens (tertiary/aromatic N) is 10. The molecule has 6 unspecified atom stereocenters. The van der Waals surface area contributed by atoms with Crippen molar-refractivity contribution in [3.05, 3.63) is 175 Å². The summed E-state index contributed by atoms with van der Waals surface area (Å²) in [6.45, 7) is 18.9. The molecule has 0 spiro atoms. The van der Waals surface area contributed by atoms with Gasteiger partial charge in [0, 0.05) is 196 Å². The van der Waals surface area contributed by atoms with E-state index in [4.69, 9.17) is 77.5 Å². The summed E-state index contributed by atoms with van der Waals surface area (Å²) in [4.78, 5) is 103. The normalized spacial score (nSPS) is 24.0. The molecule has 3 aliphatic carbocycles. The number of hydrogen-bond acceptors (Lipinski definition) is 13. The van der Waals surface area contributed by atoms with Gasteiger partial charge in [-0.2, -0.15) is 5.26 Å². The molecule has 6 amide bonds. The first-order valence-electron chi connectivity index (χ1n) is 39.1. The Morgan fingerprint density at radius 1 is 0.432 bits per heavy atom. The lowest BCUT2D eigenvalue weighted by Crippen LogP contribution is -2.46. The van der Waals surface area contributed by atoms with Crippen molar-refractivity contribution < 1.29 is 51.8 Å². The van der Waals surface area contributed by atoms with Crippen LogP contribution >= 0.6 is 58.0 Å². The average Bonchev–Trinajstić information content (AvgIpc) is 1.65. The number of piperidine rings is 3. The number of carbonyl (C=O) groups excluding carboxylic acids is 6. The number of ether oxygens (including phenoxy) is 3. The van der Waals surface area contributed by atoms with E-state index in [1.54, 1.807) is 53.6 Å². The highest BCUT2D eigenvalue weighted by atomic mass is 35.5. The number of carbonyl (C=O) groups is 6. The zero-order valence-corrected chi connectivity index (χ0v) is 67.4. The van der Waals surface area contributed by atoms with Crippen molar-refractivity contribution in [1.82, 2.24) is 44.4 Å². The molecule has 590 valence electrons. The zero-order chi connectivity index (χ0) is 78.8. The van der Waals surface area contributed by atoms with E-state index in [9.17, 15) is 37.5 Å². The molecule has 0 N–H and O–H groups in total. The summed E-state index contributed by atoms with van der Waals surface area (Å²) in [6.07, 6.45) is 13.6. The fourth-order valence-electron chi connectivity index (χ4n) is 17.1. The van der Waals surface area contributed by atoms with E-state index in [0.717, 1.165) is 68.6 Å². The Bertz CT molecular complexity index is 4390. The summed E-state index contributed by atoms with van der Waals surface area (Å²) in [5, 5.41) is 11.8. The van der Waals surface area contributed by atoms with Crippen molar-refractivity contribution in [2.75, 3.05) is 78.5 Å². The monoisotopic (exact) mass is 1610 g/mol. The molecule has 15 rings (SSSR count). The molecule has 3 aromatic heterocycles. The van der Waals surface area contributed by atoms with Gasteiger partial charge in [0.1, 0.15) is 36.0 Å². The molecule has 6 aliphatic heterocycles. The van der Waals surface area contributed by atoms with Crippen LogP contribution in [0.1, 0.15) is 159 Å². The van der Waals surface area contributed by atoms with Crippen molar-refractivity contribution in [3.8, 4) is 23.7 Å². The molecule has 9 atom stereocenters. The second-order valence-corrected chi connectivity index (χ2v) is 35.0. The Morgan fingerprint density at radius 3 is 1.14 bits per heavy atom. The molecule has 26 heteroatoms. The first-order chi connectivity index (χ1) is 53.1. The maximum atomic E-state index is 14.9. The molecule has 6 saturated heterocycles. The fourth-order valence-corrected chi connectivity index (χ4v) is 17.7. The minimum atomic E-state index is -0.639. The van der Waals surface area contributed by atoms with E-state index < -0.39 is 11.6 Å². The summed E-state index contributed by atoms with van der Waals surface area (Å²) in [6, 6.07) is 29.4. The van der Waals surface area contributed by atoms with E-state index in [0.29, 0.717) is 158 Å². The topological polar surface area (TPSA) is 212 Å². The molecular weight excluding hydrogens is 1520 g/mol. The zero-order valence-electron chi connectivity index (χ0n) is 63.7. The van der Waals surface area contributed by atoms with Gasteiger partial charge in [-0.05, 0) is 163 Å². The third-order valence-electron chi connectivity index (χ3n) is 25.0. The van der Waals surface area contributed by atoms with Gasteiger partial charge in [0.05, 0.1) is 25.7 Å². The van der Waals surface area contributed by atoms with Crippen LogP contribution in [-0.4, -0.2) is 177 Å². The van der Waals surface area contributed by atoms with E-state index in [1.807, 2.05) is 95.5 Å². The second-order valence-electron chi connectivity index (χ2n) is 32.9. The molecule has 9 heterocycles. The van der Waals surface area contributed by atoms with E-state index >= 15 is 0 Å². The van der Waals surface area contributed by atoms with Crippen LogP contribution in [0.4, 0.5) is 8.78 Å². The van der Waals surface area contributed by atoms with Gasteiger partial charge in [0.15, 0.2) is 0 Å². The average molecular weight is 1620 g/mol. The highest BCUT2D eigenvalue weighted by Crippen LogP contribution is 2.50. The van der Waals surface area contributed by atoms with Crippen LogP contribution in [0.2, 0.25) is 25.1 Å². The van der Waals surface area contributed by atoms with Crippen molar-refractivity contribution in [2.24, 2.45) is 51.8 Å². The Kier molecular flexibility index (Phi) is 25.2. The fraction of sp³-hybridized carbons (Fsp3) is 0.529. The van der Waals surface area contributed by atoms with Gasteiger partial charge in [0.2, 0.25) is 53.1 Å². The molecule has 9 fully saturated rings. The molecular formula is C85H97Cl5F2N10O9. The summed E-state index contributed by atoms with van der Waals surface area (Å²) in [5.74, 6) is 0.517. The first kappa shape index (κ1) is 81.2. The third kappa shape index (κ3) is 19.2. The van der Waals surface area contributed by atoms with Gasteiger partial charge < -0.3 is 43.6 Å². The largest absolute Gasteiger partial charge is 0.474 e. The number of rotatable bonds is 18. The molecule has 111 heavy (non-hydrogen) atoms. The van der Waals surface area contributed by atoms with Crippen LogP contribution in [-0.2, 0) is 28.8 Å². The number of amides is 6. The van der Waals surface area contributed by atoms with Crippen molar-refractivity contribution in [2.45, 2.75) is 155 Å². The Morgan fingerprint density at radius 2 is 0.793 bits per heavy atom. The van der Waals surface area contributed by atoms with Gasteiger partial charge in [-0.25, -0.2) is 23.7 Å². The Labute approximate surface area is 673 Å². The molecule has 9 aliphatic rings. The Balaban J connectivity index is 0.000000146. The second kappa shape index (κ2) is 34.4. The van der Waals surface area contributed by atoms with Gasteiger partial charge >= 0.3 is 0 Å². The van der Waals surface area contributed by atoms with Gasteiger partial charge in [-0.1, -0.05) is 103 Å². The standard InChI is InChI=1S/C29H32Cl2N4O3.C28H33Cl2N3O3.C28H32ClF2N3O3/c1-18(38-26-6-3-19(14-32)15-33-26)22-16-35(17-23(22)21-4-5-24(30)25(31)13-21)27(36)20-7-11-34(12-8-20)28(37)29(2)9-10-29;1-18(36-25-8-7-22(30)15-31-25)23-16-33(17-24(23)19-3-5-21(29)6-4-19)26(34)20-9-13-32(14-10-20)27(35)28(2)11-12-28;1-17(37-25-6-3-19(29)14-32-25)22-15-34(16-23(22)21-5-4-20(30)13-24(21)31)26(35)18-7-11-33(12-8-18)27(36)28(2)9-10-28/h3-6,13,15,18,20,22-23H,7-12,16-17H2,1-2H3;3-8,15,18,20,23-24H,9-14,16-17H2,1-2H3;3-6,13-14,17-18,22-23H,7-12,15-16H2,1-2H3/t;18-,23+,24+;/m.0./s1. The first-order valence-corrected chi connectivity index (χ1v) is 40.9. The molecule has 6 aromatic rings. The van der Waals surface area contributed by atoms with Crippen molar-refractivity contribution in [3.63, 3.8) is 0 Å². The number of hydrogen-bond donors (Lipinski definition) is 0. The minimum absolute atomic E-state index is 0.00474. The molecule has 19 nitrogen and oxygen atoms in total. The van der Waals surface area contributed by atoms with E-state index in [1.165, 1.54) is 24.5 Å². The molecule has 3 aromatic carbocycles. The predicted molar refractivity (Wildman–Crippen MR) is 420 cm³/mol. The van der Waals surface area contributed by atoms with Gasteiger partial charge in [0.25, 0.3) is 0 Å². The van der Waals surface area contributed by atoms with E-state index in [2.05, 4.69) is 27.9 Å². The summed E-state index contributed by atoms with van der Waals surface area (Å²) in [7, 11) is 0. The lowest BCUT2D eigenvalue weighted by molar-refractivity contribution is -0.142. The van der Waals surface area contributed by atoms with Crippen LogP contribution in [0.3, 0.4) is 0 Å². The van der Waals surface area contributed by atoms with Crippen molar-refractivity contribution >= 4 is 93.4 Å². The number of likely N-dealkylation sites (tertiary alicyclic amines) is 6. The van der Waals surface area contributed by atoms with Gasteiger partial charge in [-0.3, -0.25) is 28.8 Å². The number of benzene rings is 3. The van der Waals surface area contributed by atoms with Crippen LogP contribution < -0.4 is 14.2 Å². The number of halogens is 7. The summed E-state index contributed by atoms with van der Waals surface area (Å²) < 4.78 is 47.0. The van der Waals surface area contributed by atoms with Crippen LogP contribution in [0, 0.1) is 74.7 Å². The predicted octanol–water partition coefficient (Wildman–Crippen LogP) is 15.8. The highest BCUT2D eigenvalue weighted by molar-refractivity contribution is 6.42. The lowest BCUT2D eigenvalue weighted by Gasteiger charge is -2.34. The summed E-state index contributed by atoms with van der Waals surface area (Å²) >= 11 is 30.6. The molecule has 0 bridgehead atoms. The SMILES string of the molecule is CC(Oc1ccc(C#N)cn1)C1CN(C(=O)C2CCN(C(=O)C3(C)CC3)CC2)CC1c1ccc(Cl)c(Cl)c1.CC(Oc1ccc(Cl)cn1)C1CN(C(=O)C2CCN(C(=O)C3(C)CC3)CC2)CC1c1ccc(F)cc1F.C[C@H](Oc1ccc(Cl)cn1)[C@H]1CN(C(=O)C2CCN(C(=O)C3(C)CC3)CC2)C[C@@H]1c1ccc(Cl)cc1. The maximum Gasteiger partial charge on any atom is 0.228 e. The van der Waals surface area contributed by atoms with Crippen molar-refractivity contribution in [1.29, 1.82) is 5.26 Å². The Hall–Kier alpha value is -7.87. The third-order valence-corrected chi connectivity index (χ3v) is 26.4. The molecule has 0 radical (unpaired) electrons. The quantitative estimate of drug-likeness (QED) is 0.0784.